The summed E-state index contributed by atoms with van der Waals surface area (Å²) in [4.78, 5) is 30.9. The van der Waals surface area contributed by atoms with Crippen LogP contribution in [0.5, 0.6) is 6.01 Å². The van der Waals surface area contributed by atoms with Crippen LogP contribution >= 0.6 is 11.6 Å². The minimum atomic E-state index is -1.02. The Hall–Kier alpha value is -4.47. The van der Waals surface area contributed by atoms with Gasteiger partial charge in [-0.25, -0.2) is 13.2 Å². The first-order valence-corrected chi connectivity index (χ1v) is 14.2. The molecule has 0 bridgehead atoms. The summed E-state index contributed by atoms with van der Waals surface area (Å²) in [5, 5.41) is 8.52. The van der Waals surface area contributed by atoms with E-state index in [9.17, 15) is 13.6 Å². The van der Waals surface area contributed by atoms with E-state index in [1.54, 1.807) is 30.3 Å². The van der Waals surface area contributed by atoms with Gasteiger partial charge in [0.15, 0.2) is 11.6 Å². The second-order valence-corrected chi connectivity index (χ2v) is 11.0. The summed E-state index contributed by atoms with van der Waals surface area (Å²) >= 11 is 6.32. The number of hydrogen-bond acceptors (Lipinski definition) is 8. The van der Waals surface area contributed by atoms with E-state index < -0.39 is 23.4 Å². The molecule has 228 valence electrons. The number of pyridine rings is 1. The highest BCUT2D eigenvalue weighted by Crippen LogP contribution is 2.38. The van der Waals surface area contributed by atoms with Crippen molar-refractivity contribution in [3.63, 3.8) is 0 Å². The van der Waals surface area contributed by atoms with Gasteiger partial charge in [0.25, 0.3) is 5.91 Å². The Morgan fingerprint density at radius 2 is 1.86 bits per heavy atom. The third-order valence-electron chi connectivity index (χ3n) is 7.52. The van der Waals surface area contributed by atoms with Crippen LogP contribution in [-0.4, -0.2) is 83.6 Å². The molecule has 9 nitrogen and oxygen atoms in total. The number of aromatic nitrogens is 3. The Balaban J connectivity index is 0.00000123. The normalized spacial score (nSPS) is 15.4. The van der Waals surface area contributed by atoms with Crippen molar-refractivity contribution >= 4 is 45.0 Å². The van der Waals surface area contributed by atoms with E-state index in [-0.39, 0.29) is 35.3 Å². The van der Waals surface area contributed by atoms with Crippen LogP contribution in [-0.2, 0) is 4.79 Å². The molecule has 2 fully saturated rings. The number of anilines is 1. The van der Waals surface area contributed by atoms with Crippen LogP contribution < -0.4 is 9.64 Å². The van der Waals surface area contributed by atoms with Crippen molar-refractivity contribution in [3.8, 4) is 23.3 Å². The number of piperazine rings is 1. The number of fused-ring (bicyclic) bond motifs is 2. The number of ether oxygens (including phenoxy) is 1. The number of rotatable bonds is 6. The van der Waals surface area contributed by atoms with E-state index in [1.807, 2.05) is 11.9 Å². The number of benzene rings is 2. The first-order valence-electron chi connectivity index (χ1n) is 13.9. The summed E-state index contributed by atoms with van der Waals surface area (Å²) in [5.41, 5.74) is 0.273. The second-order valence-electron chi connectivity index (χ2n) is 10.6. The summed E-state index contributed by atoms with van der Waals surface area (Å²) in [6, 6.07) is 9.71. The highest BCUT2D eigenvalue weighted by Gasteiger charge is 2.28. The van der Waals surface area contributed by atoms with Gasteiger partial charge in [-0.3, -0.25) is 9.78 Å². The zero-order chi connectivity index (χ0) is 31.5. The second kappa shape index (κ2) is 13.0. The lowest BCUT2D eigenvalue weighted by Crippen LogP contribution is -2.49. The molecule has 13 heteroatoms. The fraction of sp³-hybridized carbons (Fsp3) is 0.323. The lowest BCUT2D eigenvalue weighted by atomic mass is 10.0. The molecule has 0 saturated carbocycles. The molecule has 2 saturated heterocycles. The summed E-state index contributed by atoms with van der Waals surface area (Å²) in [6.45, 7) is 7.73. The molecule has 2 aliphatic rings. The molecule has 0 radical (unpaired) electrons. The molecule has 44 heavy (non-hydrogen) atoms. The van der Waals surface area contributed by atoms with Gasteiger partial charge in [-0.2, -0.15) is 15.2 Å². The van der Waals surface area contributed by atoms with E-state index in [1.165, 1.54) is 24.1 Å². The number of halogens is 4. The first-order chi connectivity index (χ1) is 21.1. The smallest absolute Gasteiger partial charge is 0.319 e. The molecule has 4 aromatic rings. The Labute approximate surface area is 257 Å². The van der Waals surface area contributed by atoms with Crippen molar-refractivity contribution in [2.45, 2.75) is 6.92 Å². The number of carbonyl (C=O) groups is 1. The summed E-state index contributed by atoms with van der Waals surface area (Å²) in [6.07, 6.45) is 1.47. The zero-order valence-electron chi connectivity index (χ0n) is 24.2. The molecule has 1 amide bonds. The predicted molar refractivity (Wildman–Crippen MR) is 162 cm³/mol. The van der Waals surface area contributed by atoms with Crippen molar-refractivity contribution in [2.75, 3.05) is 57.8 Å². The summed E-state index contributed by atoms with van der Waals surface area (Å²) in [5.74, 6) is -2.43. The average molecular weight is 624 g/mol. The van der Waals surface area contributed by atoms with Crippen LogP contribution in [0.15, 0.2) is 48.9 Å². The Bertz CT molecular complexity index is 1780. The van der Waals surface area contributed by atoms with Gasteiger partial charge in [0.2, 0.25) is 0 Å². The van der Waals surface area contributed by atoms with Gasteiger partial charge in [-0.1, -0.05) is 42.4 Å². The fourth-order valence-corrected chi connectivity index (χ4v) is 5.71. The quantitative estimate of drug-likeness (QED) is 0.264. The fourth-order valence-electron chi connectivity index (χ4n) is 5.44. The molecular formula is C31H29ClF3N7O2. The number of carbonyl (C=O) groups excluding carboxylic acids is 1. The van der Waals surface area contributed by atoms with Crippen LogP contribution in [0.1, 0.15) is 6.92 Å². The molecule has 0 unspecified atom stereocenters. The van der Waals surface area contributed by atoms with Crippen molar-refractivity contribution in [1.29, 1.82) is 5.26 Å². The third-order valence-corrected chi connectivity index (χ3v) is 7.89. The Kier molecular flexibility index (Phi) is 9.17. The van der Waals surface area contributed by atoms with E-state index in [2.05, 4.69) is 26.4 Å². The van der Waals surface area contributed by atoms with E-state index >= 15 is 4.39 Å². The van der Waals surface area contributed by atoms with Crippen molar-refractivity contribution in [2.24, 2.45) is 5.92 Å². The maximum atomic E-state index is 16.4. The third kappa shape index (κ3) is 6.11. The van der Waals surface area contributed by atoms with Crippen LogP contribution in [0.4, 0.5) is 19.0 Å². The van der Waals surface area contributed by atoms with Gasteiger partial charge < -0.3 is 19.4 Å². The molecule has 0 spiro atoms. The number of amides is 1. The number of nitrogens with zero attached hydrogens (tertiary/aromatic N) is 7. The number of likely N-dealkylation sites (tertiary alicyclic amines) is 1. The van der Waals surface area contributed by atoms with Gasteiger partial charge in [0.1, 0.15) is 22.8 Å². The van der Waals surface area contributed by atoms with Crippen LogP contribution in [0, 0.1) is 28.9 Å². The molecular weight excluding hydrogens is 595 g/mol. The number of nitriles is 1. The van der Waals surface area contributed by atoms with E-state index in [0.29, 0.717) is 53.2 Å². The first kappa shape index (κ1) is 31.0. The van der Waals surface area contributed by atoms with Gasteiger partial charge in [0, 0.05) is 69.3 Å². The minimum absolute atomic E-state index is 0.00995. The Morgan fingerprint density at radius 1 is 1.16 bits per heavy atom. The average Bonchev–Trinajstić information content (AvgIpc) is 3.00. The van der Waals surface area contributed by atoms with E-state index in [4.69, 9.17) is 21.6 Å². The molecule has 0 N–H and O–H groups in total. The maximum Gasteiger partial charge on any atom is 0.319 e. The van der Waals surface area contributed by atoms with Crippen molar-refractivity contribution in [1.82, 2.24) is 24.8 Å². The molecule has 0 aliphatic carbocycles. The molecule has 2 aromatic carbocycles. The molecule has 4 heterocycles. The number of hydrogen-bond donors (Lipinski definition) is 0. The summed E-state index contributed by atoms with van der Waals surface area (Å²) in [7, 11) is 2.01. The lowest BCUT2D eigenvalue weighted by molar-refractivity contribution is -0.128. The SMILES string of the molecule is C=C(F)C(=O)N1CCN(c2nc(OCC3CN(C)C3)nc3c(F)c(-c4cccc5ccc(F)c(Cl)c45)ncc23)CC1.CC#N. The van der Waals surface area contributed by atoms with Crippen molar-refractivity contribution < 1.29 is 22.7 Å². The van der Waals surface area contributed by atoms with Crippen LogP contribution in [0.2, 0.25) is 5.02 Å². The summed E-state index contributed by atoms with van der Waals surface area (Å²) < 4.78 is 50.1. The Morgan fingerprint density at radius 3 is 2.52 bits per heavy atom. The van der Waals surface area contributed by atoms with Gasteiger partial charge >= 0.3 is 6.01 Å². The molecule has 6 rings (SSSR count). The monoisotopic (exact) mass is 623 g/mol. The van der Waals surface area contributed by atoms with Gasteiger partial charge in [-0.15, -0.1) is 0 Å². The minimum Gasteiger partial charge on any atom is -0.463 e. The maximum absolute atomic E-state index is 16.4. The largest absolute Gasteiger partial charge is 0.463 e. The van der Waals surface area contributed by atoms with Gasteiger partial charge in [0.05, 0.1) is 23.1 Å². The van der Waals surface area contributed by atoms with E-state index in [0.717, 1.165) is 13.1 Å². The molecule has 2 aromatic heterocycles. The standard InChI is InChI=1S/C29H26ClF3N6O2.C2H3N/c1-16(31)28(40)39-10-8-38(9-11-39)27-20-12-34-25(19-5-3-4-18-6-7-21(32)23(30)22(18)19)24(33)26(20)35-29(36-27)41-15-17-13-37(2)14-17;1-2-3/h3-7,12,17H,1,8-11,13-15H2,2H3;1H3. The lowest BCUT2D eigenvalue weighted by Gasteiger charge is -2.36. The molecule has 2 aliphatic heterocycles. The zero-order valence-corrected chi connectivity index (χ0v) is 24.9. The highest BCUT2D eigenvalue weighted by molar-refractivity contribution is 6.36. The molecule has 0 atom stereocenters. The topological polar surface area (TPSA) is 98.5 Å². The van der Waals surface area contributed by atoms with Crippen LogP contribution in [0.3, 0.4) is 0 Å². The predicted octanol–water partition coefficient (Wildman–Crippen LogP) is 5.38. The van der Waals surface area contributed by atoms with Crippen LogP contribution in [0.25, 0.3) is 32.9 Å². The van der Waals surface area contributed by atoms with Crippen molar-refractivity contribution in [3.05, 3.63) is 65.6 Å². The highest BCUT2D eigenvalue weighted by atomic mass is 35.5. The van der Waals surface area contributed by atoms with Gasteiger partial charge in [-0.05, 0) is 18.5 Å².